The number of hydrogen-bond acceptors (Lipinski definition) is 3. The van der Waals surface area contributed by atoms with Crippen LogP contribution in [0.1, 0.15) is 28.4 Å². The van der Waals surface area contributed by atoms with E-state index in [2.05, 4.69) is 19.1 Å². The lowest BCUT2D eigenvalue weighted by molar-refractivity contribution is 0.427. The standard InChI is InChI=1S/C19H22FNO2S2/c1-14-5-3-4-6-17(14)18-9-10-21(11-12-24-18)25(22,23)19-8-7-16(20)13-15(19)2/h3-8,13,18H,9-12H2,1-2H3. The van der Waals surface area contributed by atoms with Crippen molar-refractivity contribution in [3.05, 3.63) is 65.0 Å². The van der Waals surface area contributed by atoms with E-state index in [4.69, 9.17) is 0 Å². The van der Waals surface area contributed by atoms with Gasteiger partial charge in [-0.15, -0.1) is 0 Å². The molecule has 2 aromatic rings. The maximum atomic E-state index is 13.3. The summed E-state index contributed by atoms with van der Waals surface area (Å²) in [6, 6.07) is 12.1. The van der Waals surface area contributed by atoms with Crippen LogP contribution < -0.4 is 0 Å². The van der Waals surface area contributed by atoms with Gasteiger partial charge in [-0.05, 0) is 55.2 Å². The molecule has 1 unspecified atom stereocenters. The van der Waals surface area contributed by atoms with E-state index in [0.29, 0.717) is 23.9 Å². The first-order valence-corrected chi connectivity index (χ1v) is 10.8. The largest absolute Gasteiger partial charge is 0.243 e. The van der Waals surface area contributed by atoms with Gasteiger partial charge in [0.25, 0.3) is 0 Å². The van der Waals surface area contributed by atoms with Gasteiger partial charge < -0.3 is 0 Å². The topological polar surface area (TPSA) is 37.4 Å². The van der Waals surface area contributed by atoms with Crippen molar-refractivity contribution in [1.29, 1.82) is 0 Å². The Hall–Kier alpha value is -1.37. The minimum Gasteiger partial charge on any atom is -0.207 e. The zero-order valence-electron chi connectivity index (χ0n) is 14.4. The normalized spacial score (nSPS) is 19.6. The number of aryl methyl sites for hydroxylation is 2. The van der Waals surface area contributed by atoms with Gasteiger partial charge in [-0.3, -0.25) is 0 Å². The van der Waals surface area contributed by atoms with E-state index < -0.39 is 15.8 Å². The second kappa shape index (κ2) is 7.48. The molecule has 1 aliphatic rings. The highest BCUT2D eigenvalue weighted by atomic mass is 32.2. The first-order chi connectivity index (χ1) is 11.9. The van der Waals surface area contributed by atoms with Crippen LogP contribution in [0, 0.1) is 19.7 Å². The van der Waals surface area contributed by atoms with Gasteiger partial charge in [0, 0.05) is 24.1 Å². The molecule has 1 fully saturated rings. The summed E-state index contributed by atoms with van der Waals surface area (Å²) >= 11 is 1.81. The predicted molar refractivity (Wildman–Crippen MR) is 101 cm³/mol. The van der Waals surface area contributed by atoms with Crippen LogP contribution in [0.2, 0.25) is 0 Å². The number of sulfonamides is 1. The summed E-state index contributed by atoms with van der Waals surface area (Å²) in [5, 5.41) is 0.302. The number of benzene rings is 2. The van der Waals surface area contributed by atoms with E-state index in [9.17, 15) is 12.8 Å². The number of hydrogen-bond donors (Lipinski definition) is 0. The summed E-state index contributed by atoms with van der Waals surface area (Å²) in [5.74, 6) is 0.334. The average molecular weight is 380 g/mol. The van der Waals surface area contributed by atoms with Crippen molar-refractivity contribution in [2.75, 3.05) is 18.8 Å². The van der Waals surface area contributed by atoms with Gasteiger partial charge in [-0.25, -0.2) is 12.8 Å². The van der Waals surface area contributed by atoms with E-state index in [-0.39, 0.29) is 4.90 Å². The lowest BCUT2D eigenvalue weighted by Gasteiger charge is -2.21. The van der Waals surface area contributed by atoms with Gasteiger partial charge in [0.2, 0.25) is 10.0 Å². The predicted octanol–water partition coefficient (Wildman–Crippen LogP) is 4.31. The number of thioether (sulfide) groups is 1. The first kappa shape index (κ1) is 18.4. The first-order valence-electron chi connectivity index (χ1n) is 8.33. The monoisotopic (exact) mass is 379 g/mol. The third-order valence-electron chi connectivity index (χ3n) is 4.59. The summed E-state index contributed by atoms with van der Waals surface area (Å²) in [4.78, 5) is 0.202. The molecule has 0 N–H and O–H groups in total. The van der Waals surface area contributed by atoms with E-state index in [1.165, 1.54) is 29.3 Å². The van der Waals surface area contributed by atoms with Crippen LogP contribution in [0.5, 0.6) is 0 Å². The molecule has 3 nitrogen and oxygen atoms in total. The smallest absolute Gasteiger partial charge is 0.207 e. The highest BCUT2D eigenvalue weighted by Gasteiger charge is 2.29. The summed E-state index contributed by atoms with van der Waals surface area (Å²) < 4.78 is 40.8. The molecule has 1 heterocycles. The number of halogens is 1. The van der Waals surface area contributed by atoms with Crippen molar-refractivity contribution in [3.63, 3.8) is 0 Å². The van der Waals surface area contributed by atoms with Crippen molar-refractivity contribution in [2.45, 2.75) is 30.4 Å². The van der Waals surface area contributed by atoms with Gasteiger partial charge in [0.05, 0.1) is 4.90 Å². The lowest BCUT2D eigenvalue weighted by Crippen LogP contribution is -2.33. The van der Waals surface area contributed by atoms with Gasteiger partial charge in [0.15, 0.2) is 0 Å². The molecule has 3 rings (SSSR count). The minimum absolute atomic E-state index is 0.202. The number of nitrogens with zero attached hydrogens (tertiary/aromatic N) is 1. The van der Waals surface area contributed by atoms with E-state index >= 15 is 0 Å². The average Bonchev–Trinajstić information content (AvgIpc) is 2.81. The Morgan fingerprint density at radius 1 is 1.08 bits per heavy atom. The Bertz CT molecular complexity index is 867. The molecule has 0 saturated carbocycles. The fraction of sp³-hybridized carbons (Fsp3) is 0.368. The zero-order valence-corrected chi connectivity index (χ0v) is 16.0. The van der Waals surface area contributed by atoms with Crippen LogP contribution in [0.25, 0.3) is 0 Å². The lowest BCUT2D eigenvalue weighted by atomic mass is 10.0. The maximum Gasteiger partial charge on any atom is 0.243 e. The van der Waals surface area contributed by atoms with Crippen LogP contribution in [0.15, 0.2) is 47.4 Å². The van der Waals surface area contributed by atoms with Gasteiger partial charge in [-0.2, -0.15) is 16.1 Å². The molecule has 25 heavy (non-hydrogen) atoms. The maximum absolute atomic E-state index is 13.3. The van der Waals surface area contributed by atoms with Crippen LogP contribution in [0.3, 0.4) is 0 Å². The van der Waals surface area contributed by atoms with E-state index in [0.717, 1.165) is 12.2 Å². The fourth-order valence-corrected chi connectivity index (χ4v) is 6.33. The van der Waals surface area contributed by atoms with Crippen LogP contribution in [0.4, 0.5) is 4.39 Å². The SMILES string of the molecule is Cc1ccccc1C1CCN(S(=O)(=O)c2ccc(F)cc2C)CCS1. The highest BCUT2D eigenvalue weighted by molar-refractivity contribution is 7.99. The van der Waals surface area contributed by atoms with Crippen LogP contribution >= 0.6 is 11.8 Å². The molecule has 0 aliphatic carbocycles. The molecule has 1 atom stereocenters. The Morgan fingerprint density at radius 2 is 1.84 bits per heavy atom. The molecule has 6 heteroatoms. The second-order valence-corrected chi connectivity index (χ2v) is 9.54. The van der Waals surface area contributed by atoms with Crippen molar-refractivity contribution in [1.82, 2.24) is 4.31 Å². The molecule has 0 spiro atoms. The fourth-order valence-electron chi connectivity index (χ4n) is 3.23. The summed E-state index contributed by atoms with van der Waals surface area (Å²) in [5.41, 5.74) is 2.97. The molecular formula is C19H22FNO2S2. The third kappa shape index (κ3) is 3.91. The Labute approximate surface area is 153 Å². The molecule has 1 saturated heterocycles. The Balaban J connectivity index is 1.82. The van der Waals surface area contributed by atoms with Gasteiger partial charge in [0.1, 0.15) is 5.82 Å². The minimum atomic E-state index is -3.60. The second-order valence-electron chi connectivity index (χ2n) is 6.32. The highest BCUT2D eigenvalue weighted by Crippen LogP contribution is 2.37. The van der Waals surface area contributed by atoms with Crippen LogP contribution in [-0.4, -0.2) is 31.6 Å². The van der Waals surface area contributed by atoms with Crippen LogP contribution in [-0.2, 0) is 10.0 Å². The Morgan fingerprint density at radius 3 is 2.56 bits per heavy atom. The quantitative estimate of drug-likeness (QED) is 0.797. The summed E-state index contributed by atoms with van der Waals surface area (Å²) in [7, 11) is -3.60. The van der Waals surface area contributed by atoms with Crippen molar-refractivity contribution < 1.29 is 12.8 Å². The van der Waals surface area contributed by atoms with E-state index in [1.54, 1.807) is 23.0 Å². The molecular weight excluding hydrogens is 357 g/mol. The molecule has 0 aromatic heterocycles. The van der Waals surface area contributed by atoms with Crippen molar-refractivity contribution >= 4 is 21.8 Å². The van der Waals surface area contributed by atoms with Crippen molar-refractivity contribution in [2.24, 2.45) is 0 Å². The molecule has 0 radical (unpaired) electrons. The molecule has 0 amide bonds. The van der Waals surface area contributed by atoms with Gasteiger partial charge in [-0.1, -0.05) is 24.3 Å². The summed E-state index contributed by atoms with van der Waals surface area (Å²) in [6.45, 7) is 4.69. The van der Waals surface area contributed by atoms with Crippen molar-refractivity contribution in [3.8, 4) is 0 Å². The van der Waals surface area contributed by atoms with E-state index in [1.807, 2.05) is 12.1 Å². The summed E-state index contributed by atoms with van der Waals surface area (Å²) in [6.07, 6.45) is 0.773. The Kier molecular flexibility index (Phi) is 5.51. The zero-order chi connectivity index (χ0) is 18.0. The molecule has 1 aliphatic heterocycles. The molecule has 2 aromatic carbocycles. The third-order valence-corrected chi connectivity index (χ3v) is 7.96. The molecule has 0 bridgehead atoms. The number of rotatable bonds is 3. The van der Waals surface area contributed by atoms with Gasteiger partial charge >= 0.3 is 0 Å². The molecule has 134 valence electrons.